The Balaban J connectivity index is 2.16. The van der Waals surface area contributed by atoms with Gasteiger partial charge in [0.25, 0.3) is 0 Å². The summed E-state index contributed by atoms with van der Waals surface area (Å²) in [6.45, 7) is 0. The zero-order valence-electron chi connectivity index (χ0n) is 10.2. The molecule has 1 unspecified atom stereocenters. The molecule has 1 fully saturated rings. The molecule has 3 N–H and O–H groups in total. The largest absolute Gasteiger partial charge is 0.369 e. The molecule has 0 aliphatic carbocycles. The molecule has 2 heterocycles. The van der Waals surface area contributed by atoms with Gasteiger partial charge in [-0.25, -0.2) is 9.37 Å². The van der Waals surface area contributed by atoms with Crippen LogP contribution in [0.5, 0.6) is 0 Å². The predicted octanol–water partition coefficient (Wildman–Crippen LogP) is 1.39. The van der Waals surface area contributed by atoms with Crippen LogP contribution in [0, 0.1) is 5.82 Å². The summed E-state index contributed by atoms with van der Waals surface area (Å²) < 4.78 is 15.0. The Kier molecular flexibility index (Phi) is 2.86. The Labute approximate surface area is 117 Å². The highest BCUT2D eigenvalue weighted by molar-refractivity contribution is 6.31. The van der Waals surface area contributed by atoms with Crippen LogP contribution in [0.2, 0.25) is 5.02 Å². The highest BCUT2D eigenvalue weighted by atomic mass is 35.5. The number of nitrogens with two attached hydrogens (primary N) is 1. The van der Waals surface area contributed by atoms with Crippen molar-refractivity contribution in [1.82, 2.24) is 14.9 Å². The average molecular weight is 297 g/mol. The minimum Gasteiger partial charge on any atom is -0.369 e. The van der Waals surface area contributed by atoms with Crippen molar-refractivity contribution in [3.63, 3.8) is 0 Å². The van der Waals surface area contributed by atoms with E-state index in [4.69, 9.17) is 17.3 Å². The van der Waals surface area contributed by atoms with Crippen molar-refractivity contribution < 1.29 is 14.0 Å². The summed E-state index contributed by atoms with van der Waals surface area (Å²) in [5.74, 6) is -1.34. The lowest BCUT2D eigenvalue weighted by Crippen LogP contribution is -2.41. The van der Waals surface area contributed by atoms with E-state index in [2.05, 4.69) is 10.3 Å². The van der Waals surface area contributed by atoms with E-state index < -0.39 is 17.8 Å². The molecule has 2 aromatic rings. The minimum atomic E-state index is -0.682. The van der Waals surface area contributed by atoms with Crippen molar-refractivity contribution in [2.75, 3.05) is 5.73 Å². The monoisotopic (exact) mass is 296 g/mol. The third-order valence-electron chi connectivity index (χ3n) is 3.28. The number of amides is 2. The summed E-state index contributed by atoms with van der Waals surface area (Å²) in [5.41, 5.74) is 6.58. The van der Waals surface area contributed by atoms with Crippen LogP contribution >= 0.6 is 11.6 Å². The number of imide groups is 1. The molecule has 1 aliphatic rings. The number of rotatable bonds is 1. The van der Waals surface area contributed by atoms with Gasteiger partial charge in [0.2, 0.25) is 17.8 Å². The number of anilines is 1. The molecule has 0 saturated carbocycles. The number of nitrogen functional groups attached to an aromatic ring is 1. The van der Waals surface area contributed by atoms with Gasteiger partial charge >= 0.3 is 0 Å². The molecule has 1 aliphatic heterocycles. The van der Waals surface area contributed by atoms with E-state index in [0.29, 0.717) is 17.5 Å². The molecule has 1 saturated heterocycles. The number of halogens is 2. The van der Waals surface area contributed by atoms with Crippen LogP contribution in [-0.4, -0.2) is 21.4 Å². The highest BCUT2D eigenvalue weighted by Gasteiger charge is 2.30. The van der Waals surface area contributed by atoms with E-state index in [1.54, 1.807) is 0 Å². The molecule has 20 heavy (non-hydrogen) atoms. The highest BCUT2D eigenvalue weighted by Crippen LogP contribution is 2.30. The van der Waals surface area contributed by atoms with Crippen molar-refractivity contribution in [2.45, 2.75) is 18.9 Å². The molecule has 2 amide bonds. The molecule has 0 radical (unpaired) electrons. The number of fused-ring (bicyclic) bond motifs is 1. The van der Waals surface area contributed by atoms with Crippen LogP contribution in [0.15, 0.2) is 12.1 Å². The lowest BCUT2D eigenvalue weighted by atomic mass is 10.1. The van der Waals surface area contributed by atoms with E-state index in [0.717, 1.165) is 0 Å². The summed E-state index contributed by atoms with van der Waals surface area (Å²) in [7, 11) is 0. The lowest BCUT2D eigenvalue weighted by Gasteiger charge is -2.23. The topological polar surface area (TPSA) is 90.0 Å². The van der Waals surface area contributed by atoms with E-state index in [-0.39, 0.29) is 23.3 Å². The van der Waals surface area contributed by atoms with Crippen LogP contribution in [0.1, 0.15) is 18.9 Å². The van der Waals surface area contributed by atoms with Crippen LogP contribution in [0.3, 0.4) is 0 Å². The number of hydrogen-bond donors (Lipinski definition) is 2. The smallest absolute Gasteiger partial charge is 0.249 e. The lowest BCUT2D eigenvalue weighted by molar-refractivity contribution is -0.135. The first-order chi connectivity index (χ1) is 9.47. The number of piperidine rings is 1. The second kappa shape index (κ2) is 4.45. The molecular formula is C12H10ClFN4O2. The zero-order valence-corrected chi connectivity index (χ0v) is 10.9. The summed E-state index contributed by atoms with van der Waals surface area (Å²) in [4.78, 5) is 27.1. The number of imidazole rings is 1. The third-order valence-corrected chi connectivity index (χ3v) is 3.57. The molecule has 1 aromatic carbocycles. The fourth-order valence-electron chi connectivity index (χ4n) is 2.37. The van der Waals surface area contributed by atoms with Gasteiger partial charge in [0, 0.05) is 12.5 Å². The third kappa shape index (κ3) is 1.90. The molecular weight excluding hydrogens is 287 g/mol. The van der Waals surface area contributed by atoms with Crippen LogP contribution in [0.25, 0.3) is 11.0 Å². The van der Waals surface area contributed by atoms with Gasteiger partial charge in [0.1, 0.15) is 11.9 Å². The molecule has 104 valence electrons. The number of carbonyl (C=O) groups excluding carboxylic acids is 2. The van der Waals surface area contributed by atoms with Crippen molar-refractivity contribution >= 4 is 40.4 Å². The van der Waals surface area contributed by atoms with Crippen LogP contribution in [-0.2, 0) is 9.59 Å². The summed E-state index contributed by atoms with van der Waals surface area (Å²) in [6, 6.07) is 1.86. The molecule has 6 nitrogen and oxygen atoms in total. The first-order valence-electron chi connectivity index (χ1n) is 5.93. The quantitative estimate of drug-likeness (QED) is 0.778. The maximum Gasteiger partial charge on any atom is 0.249 e. The normalized spacial score (nSPS) is 19.4. The zero-order chi connectivity index (χ0) is 14.4. The van der Waals surface area contributed by atoms with Crippen molar-refractivity contribution in [3.8, 4) is 0 Å². The second-order valence-electron chi connectivity index (χ2n) is 4.56. The number of aromatic nitrogens is 2. The molecule has 8 heteroatoms. The molecule has 1 aromatic heterocycles. The Hall–Kier alpha value is -2.15. The average Bonchev–Trinajstić information content (AvgIpc) is 2.66. The first kappa shape index (κ1) is 12.9. The maximum absolute atomic E-state index is 13.6. The van der Waals surface area contributed by atoms with E-state index in [1.165, 1.54) is 16.7 Å². The van der Waals surface area contributed by atoms with Crippen molar-refractivity contribution in [2.24, 2.45) is 0 Å². The Morgan fingerprint density at radius 1 is 1.45 bits per heavy atom. The fraction of sp³-hybridized carbons (Fsp3) is 0.250. The Morgan fingerprint density at radius 3 is 2.90 bits per heavy atom. The Morgan fingerprint density at radius 2 is 2.20 bits per heavy atom. The maximum atomic E-state index is 13.6. The predicted molar refractivity (Wildman–Crippen MR) is 70.5 cm³/mol. The molecule has 1 atom stereocenters. The van der Waals surface area contributed by atoms with Crippen molar-refractivity contribution in [1.29, 1.82) is 0 Å². The number of hydrogen-bond acceptors (Lipinski definition) is 4. The summed E-state index contributed by atoms with van der Waals surface area (Å²) in [6.07, 6.45) is 0.496. The van der Waals surface area contributed by atoms with E-state index >= 15 is 0 Å². The SMILES string of the molecule is Nc1nc2cc(Cl)c(F)cc2n1C1CCC(=O)NC1=O. The van der Waals surface area contributed by atoms with Gasteiger partial charge in [-0.15, -0.1) is 0 Å². The van der Waals surface area contributed by atoms with Gasteiger partial charge in [0.05, 0.1) is 16.1 Å². The van der Waals surface area contributed by atoms with Gasteiger partial charge < -0.3 is 5.73 Å². The molecule has 0 spiro atoms. The molecule has 0 bridgehead atoms. The summed E-state index contributed by atoms with van der Waals surface area (Å²) >= 11 is 5.69. The molecule has 3 rings (SSSR count). The number of carbonyl (C=O) groups is 2. The number of nitrogens with one attached hydrogen (secondary N) is 1. The van der Waals surface area contributed by atoms with Gasteiger partial charge in [-0.1, -0.05) is 11.6 Å². The van der Waals surface area contributed by atoms with E-state index in [9.17, 15) is 14.0 Å². The van der Waals surface area contributed by atoms with E-state index in [1.807, 2.05) is 0 Å². The first-order valence-corrected chi connectivity index (χ1v) is 6.31. The van der Waals surface area contributed by atoms with Gasteiger partial charge in [-0.05, 0) is 12.5 Å². The van der Waals surface area contributed by atoms with Crippen molar-refractivity contribution in [3.05, 3.63) is 23.0 Å². The van der Waals surface area contributed by atoms with Gasteiger partial charge in [-0.3, -0.25) is 19.5 Å². The van der Waals surface area contributed by atoms with Crippen LogP contribution < -0.4 is 11.1 Å². The fourth-order valence-corrected chi connectivity index (χ4v) is 2.52. The standard InChI is InChI=1S/C12H10ClFN4O2/c13-5-3-7-9(4-6(5)14)18(12(15)16-7)8-1-2-10(19)17-11(8)20/h3-4,8H,1-2H2,(H2,15,16)(H,17,19,20). The van der Waals surface area contributed by atoms with Crippen LogP contribution in [0.4, 0.5) is 10.3 Å². The van der Waals surface area contributed by atoms with Gasteiger partial charge in [-0.2, -0.15) is 0 Å². The number of benzene rings is 1. The summed E-state index contributed by atoms with van der Waals surface area (Å²) in [5, 5.41) is 2.17. The number of nitrogens with zero attached hydrogens (tertiary/aromatic N) is 2. The second-order valence-corrected chi connectivity index (χ2v) is 4.97. The minimum absolute atomic E-state index is 0.0644. The van der Waals surface area contributed by atoms with Gasteiger partial charge in [0.15, 0.2) is 0 Å². The Bertz CT molecular complexity index is 743.